The fourth-order valence-corrected chi connectivity index (χ4v) is 0.999. The molecule has 0 unspecified atom stereocenters. The minimum Gasteiger partial charge on any atom is -0.248 e. The first-order valence-electron chi connectivity index (χ1n) is 4.03. The molecular weight excluding hydrogens is 252 g/mol. The third kappa shape index (κ3) is 3.05. The quantitative estimate of drug-likeness (QED) is 0.724. The van der Waals surface area contributed by atoms with E-state index in [1.165, 1.54) is 6.07 Å². The summed E-state index contributed by atoms with van der Waals surface area (Å²) in [5.41, 5.74) is -4.17. The molecule has 9 heteroatoms. The average Bonchev–Trinajstić information content (AvgIpc) is 2.15. The highest BCUT2D eigenvalue weighted by Crippen LogP contribution is 2.32. The Morgan fingerprint density at radius 2 is 1.71 bits per heavy atom. The van der Waals surface area contributed by atoms with E-state index >= 15 is 0 Å². The van der Waals surface area contributed by atoms with E-state index in [1.807, 2.05) is 0 Å². The van der Waals surface area contributed by atoms with E-state index in [1.54, 1.807) is 0 Å². The Kier molecular flexibility index (Phi) is 3.26. The zero-order valence-electron chi connectivity index (χ0n) is 7.89. The van der Waals surface area contributed by atoms with Crippen molar-refractivity contribution in [1.82, 2.24) is 9.97 Å². The van der Waals surface area contributed by atoms with Gasteiger partial charge in [-0.3, -0.25) is 0 Å². The molecule has 0 bridgehead atoms. The molecule has 3 nitrogen and oxygen atoms in total. The van der Waals surface area contributed by atoms with Crippen molar-refractivity contribution in [3.8, 4) is 6.07 Å². The van der Waals surface area contributed by atoms with Crippen molar-refractivity contribution in [1.29, 1.82) is 5.26 Å². The van der Waals surface area contributed by atoms with E-state index in [4.69, 9.17) is 5.26 Å². The fraction of sp³-hybridized carbons (Fsp3) is 0.375. The standard InChI is InChI=1S/C8H3F6N3/c9-7(10,11)5-3-16-6(8(12,13)14)4(17-5)1-2-15/h3H,1H2. The summed E-state index contributed by atoms with van der Waals surface area (Å²) in [7, 11) is 0. The molecule has 0 saturated heterocycles. The lowest BCUT2D eigenvalue weighted by atomic mass is 10.2. The van der Waals surface area contributed by atoms with E-state index in [2.05, 4.69) is 9.97 Å². The van der Waals surface area contributed by atoms with Crippen molar-refractivity contribution in [2.45, 2.75) is 18.8 Å². The van der Waals surface area contributed by atoms with Gasteiger partial charge in [0.25, 0.3) is 0 Å². The highest BCUT2D eigenvalue weighted by molar-refractivity contribution is 5.21. The molecule has 0 spiro atoms. The van der Waals surface area contributed by atoms with Gasteiger partial charge in [-0.05, 0) is 0 Å². The average molecular weight is 255 g/mol. The molecule has 17 heavy (non-hydrogen) atoms. The maximum Gasteiger partial charge on any atom is 0.435 e. The van der Waals surface area contributed by atoms with Crippen LogP contribution in [0.5, 0.6) is 0 Å². The Morgan fingerprint density at radius 1 is 1.12 bits per heavy atom. The number of hydrogen-bond donors (Lipinski definition) is 0. The van der Waals surface area contributed by atoms with Gasteiger partial charge in [0.05, 0.1) is 24.4 Å². The molecule has 0 aliphatic carbocycles. The van der Waals surface area contributed by atoms with Crippen molar-refractivity contribution in [2.24, 2.45) is 0 Å². The van der Waals surface area contributed by atoms with Crippen molar-refractivity contribution >= 4 is 0 Å². The van der Waals surface area contributed by atoms with Gasteiger partial charge >= 0.3 is 12.4 Å². The number of nitriles is 1. The molecule has 92 valence electrons. The maximum atomic E-state index is 12.3. The normalized spacial score (nSPS) is 12.3. The first kappa shape index (κ1) is 13.2. The number of aromatic nitrogens is 2. The van der Waals surface area contributed by atoms with Crippen LogP contribution >= 0.6 is 0 Å². The Hall–Kier alpha value is -1.85. The highest BCUT2D eigenvalue weighted by Gasteiger charge is 2.39. The van der Waals surface area contributed by atoms with E-state index in [-0.39, 0.29) is 6.20 Å². The second-order valence-corrected chi connectivity index (χ2v) is 2.88. The second-order valence-electron chi connectivity index (χ2n) is 2.88. The van der Waals surface area contributed by atoms with Gasteiger partial charge in [0.15, 0.2) is 11.4 Å². The van der Waals surface area contributed by atoms with E-state index < -0.39 is 35.9 Å². The highest BCUT2D eigenvalue weighted by atomic mass is 19.4. The Bertz CT molecular complexity index is 456. The van der Waals surface area contributed by atoms with Gasteiger partial charge in [0.1, 0.15) is 0 Å². The Morgan fingerprint density at radius 3 is 2.12 bits per heavy atom. The number of nitrogens with zero attached hydrogens (tertiary/aromatic N) is 3. The summed E-state index contributed by atoms with van der Waals surface area (Å²) in [5.74, 6) is 0. The fourth-order valence-electron chi connectivity index (χ4n) is 0.999. The molecule has 1 rings (SSSR count). The predicted molar refractivity (Wildman–Crippen MR) is 41.4 cm³/mol. The first-order valence-corrected chi connectivity index (χ1v) is 4.03. The van der Waals surface area contributed by atoms with Crippen LogP contribution in [-0.2, 0) is 18.8 Å². The van der Waals surface area contributed by atoms with E-state index in [0.29, 0.717) is 0 Å². The summed E-state index contributed by atoms with van der Waals surface area (Å²) >= 11 is 0. The van der Waals surface area contributed by atoms with E-state index in [9.17, 15) is 26.3 Å². The molecule has 0 aliphatic heterocycles. The van der Waals surface area contributed by atoms with Crippen molar-refractivity contribution < 1.29 is 26.3 Å². The molecule has 0 N–H and O–H groups in total. The van der Waals surface area contributed by atoms with Crippen LogP contribution < -0.4 is 0 Å². The van der Waals surface area contributed by atoms with Crippen LogP contribution in [0.25, 0.3) is 0 Å². The molecule has 1 heterocycles. The van der Waals surface area contributed by atoms with Gasteiger partial charge in [-0.1, -0.05) is 0 Å². The van der Waals surface area contributed by atoms with Crippen molar-refractivity contribution in [2.75, 3.05) is 0 Å². The molecule has 0 fully saturated rings. The minimum atomic E-state index is -4.94. The molecular formula is C8H3F6N3. The van der Waals surface area contributed by atoms with Gasteiger partial charge < -0.3 is 0 Å². The molecule has 1 aromatic heterocycles. The Labute approximate surface area is 90.7 Å². The lowest BCUT2D eigenvalue weighted by Gasteiger charge is -2.11. The summed E-state index contributed by atoms with van der Waals surface area (Å²) in [4.78, 5) is 5.45. The molecule has 0 aromatic carbocycles. The van der Waals surface area contributed by atoms with Gasteiger partial charge in [-0.15, -0.1) is 0 Å². The van der Waals surface area contributed by atoms with Gasteiger partial charge in [-0.25, -0.2) is 9.97 Å². The molecule has 0 radical (unpaired) electrons. The summed E-state index contributed by atoms with van der Waals surface area (Å²) < 4.78 is 73.4. The number of hydrogen-bond acceptors (Lipinski definition) is 3. The third-order valence-corrected chi connectivity index (χ3v) is 1.65. The van der Waals surface area contributed by atoms with Crippen LogP contribution in [0.1, 0.15) is 17.1 Å². The van der Waals surface area contributed by atoms with E-state index in [0.717, 1.165) is 0 Å². The third-order valence-electron chi connectivity index (χ3n) is 1.65. The summed E-state index contributed by atoms with van der Waals surface area (Å²) in [6.07, 6.45) is -10.7. The number of rotatable bonds is 1. The molecule has 0 aliphatic rings. The summed E-state index contributed by atoms with van der Waals surface area (Å²) in [6.45, 7) is 0. The van der Waals surface area contributed by atoms with Gasteiger partial charge in [0, 0.05) is 0 Å². The molecule has 0 atom stereocenters. The molecule has 0 saturated carbocycles. The van der Waals surface area contributed by atoms with Crippen LogP contribution in [0.4, 0.5) is 26.3 Å². The predicted octanol–water partition coefficient (Wildman–Crippen LogP) is 2.58. The SMILES string of the molecule is N#CCc1nc(C(F)(F)F)cnc1C(F)(F)F. The minimum absolute atomic E-state index is 0.0102. The lowest BCUT2D eigenvalue weighted by Crippen LogP contribution is -2.18. The Balaban J connectivity index is 3.33. The number of halogens is 6. The van der Waals surface area contributed by atoms with Crippen LogP contribution in [0, 0.1) is 11.3 Å². The van der Waals surface area contributed by atoms with Gasteiger partial charge in [0.2, 0.25) is 0 Å². The zero-order valence-corrected chi connectivity index (χ0v) is 7.89. The lowest BCUT2D eigenvalue weighted by molar-refractivity contribution is -0.147. The number of alkyl halides is 6. The topological polar surface area (TPSA) is 49.6 Å². The molecule has 0 amide bonds. The largest absolute Gasteiger partial charge is 0.435 e. The van der Waals surface area contributed by atoms with Gasteiger partial charge in [-0.2, -0.15) is 31.6 Å². The monoisotopic (exact) mass is 255 g/mol. The maximum absolute atomic E-state index is 12.3. The summed E-state index contributed by atoms with van der Waals surface area (Å²) in [6, 6.07) is 1.31. The van der Waals surface area contributed by atoms with Crippen LogP contribution in [-0.4, -0.2) is 9.97 Å². The summed E-state index contributed by atoms with van der Waals surface area (Å²) in [5, 5.41) is 8.24. The first-order chi connectivity index (χ1) is 7.66. The van der Waals surface area contributed by atoms with Crippen molar-refractivity contribution in [3.63, 3.8) is 0 Å². The smallest absolute Gasteiger partial charge is 0.248 e. The van der Waals surface area contributed by atoms with Crippen molar-refractivity contribution in [3.05, 3.63) is 23.3 Å². The zero-order chi connectivity index (χ0) is 13.3. The molecule has 1 aromatic rings. The van der Waals surface area contributed by atoms with Crippen LogP contribution in [0.2, 0.25) is 0 Å². The second kappa shape index (κ2) is 4.20. The van der Waals surface area contributed by atoms with Crippen LogP contribution in [0.15, 0.2) is 6.20 Å². The van der Waals surface area contributed by atoms with Crippen LogP contribution in [0.3, 0.4) is 0 Å².